The first-order valence-electron chi connectivity index (χ1n) is 7.67. The Bertz CT molecular complexity index is 501. The van der Waals surface area contributed by atoms with E-state index in [1.165, 1.54) is 36.1 Å². The molecule has 1 aliphatic carbocycles. The van der Waals surface area contributed by atoms with E-state index in [0.717, 1.165) is 5.92 Å². The number of hydrogen-bond donors (Lipinski definition) is 1. The van der Waals surface area contributed by atoms with Crippen LogP contribution in [0.5, 0.6) is 0 Å². The van der Waals surface area contributed by atoms with E-state index in [1.807, 2.05) is 11.3 Å². The minimum Gasteiger partial charge on any atom is -0.303 e. The Labute approximate surface area is 126 Å². The molecule has 106 valence electrons. The molecule has 0 aliphatic heterocycles. The lowest BCUT2D eigenvalue weighted by Gasteiger charge is -2.30. The van der Waals surface area contributed by atoms with Crippen LogP contribution in [0.1, 0.15) is 49.1 Å². The summed E-state index contributed by atoms with van der Waals surface area (Å²) >= 11 is 1.84. The molecule has 0 saturated heterocycles. The summed E-state index contributed by atoms with van der Waals surface area (Å²) in [6.07, 6.45) is 5.61. The highest BCUT2D eigenvalue weighted by Gasteiger charge is 2.23. The van der Waals surface area contributed by atoms with Gasteiger partial charge in [-0.25, -0.2) is 0 Å². The van der Waals surface area contributed by atoms with E-state index in [1.54, 1.807) is 0 Å². The largest absolute Gasteiger partial charge is 0.303 e. The highest BCUT2D eigenvalue weighted by atomic mass is 32.1. The molecular weight excluding hydrogens is 262 g/mol. The molecule has 2 unspecified atom stereocenters. The maximum atomic E-state index is 3.85. The van der Waals surface area contributed by atoms with Gasteiger partial charge < -0.3 is 5.32 Å². The molecule has 1 aromatic carbocycles. The van der Waals surface area contributed by atoms with Gasteiger partial charge in [0.25, 0.3) is 0 Å². The topological polar surface area (TPSA) is 12.0 Å². The molecule has 0 bridgehead atoms. The zero-order chi connectivity index (χ0) is 13.8. The summed E-state index contributed by atoms with van der Waals surface area (Å²) in [6.45, 7) is 2.34. The lowest BCUT2D eigenvalue weighted by Crippen LogP contribution is -2.33. The highest BCUT2D eigenvalue weighted by Crippen LogP contribution is 2.32. The van der Waals surface area contributed by atoms with Gasteiger partial charge in [0.2, 0.25) is 0 Å². The molecule has 0 spiro atoms. The second kappa shape index (κ2) is 6.55. The normalized spacial score (nSPS) is 18.4. The predicted octanol–water partition coefficient (Wildman–Crippen LogP) is 5.01. The van der Waals surface area contributed by atoms with Gasteiger partial charge in [0.05, 0.1) is 6.04 Å². The molecule has 1 heterocycles. The van der Waals surface area contributed by atoms with Crippen LogP contribution in [-0.4, -0.2) is 6.04 Å². The molecule has 3 rings (SSSR count). The van der Waals surface area contributed by atoms with Gasteiger partial charge >= 0.3 is 0 Å². The molecule has 1 fully saturated rings. The molecular formula is C18H23NS. The number of benzene rings is 1. The summed E-state index contributed by atoms with van der Waals surface area (Å²) in [5, 5.41) is 6.02. The number of hydrogen-bond acceptors (Lipinski definition) is 2. The molecule has 1 aromatic heterocycles. The van der Waals surface area contributed by atoms with Gasteiger partial charge in [0, 0.05) is 10.9 Å². The first-order chi connectivity index (χ1) is 9.83. The van der Waals surface area contributed by atoms with E-state index >= 15 is 0 Å². The minimum atomic E-state index is 0.339. The van der Waals surface area contributed by atoms with Gasteiger partial charge in [-0.2, -0.15) is 0 Å². The third kappa shape index (κ3) is 3.31. The molecule has 2 atom stereocenters. The van der Waals surface area contributed by atoms with Crippen LogP contribution in [0, 0.1) is 5.92 Å². The number of nitrogens with one attached hydrogen (secondary N) is 1. The minimum absolute atomic E-state index is 0.339. The van der Waals surface area contributed by atoms with Crippen molar-refractivity contribution in [3.63, 3.8) is 0 Å². The van der Waals surface area contributed by atoms with Crippen molar-refractivity contribution < 1.29 is 0 Å². The summed E-state index contributed by atoms with van der Waals surface area (Å²) in [6, 6.07) is 16.1. The van der Waals surface area contributed by atoms with Crippen LogP contribution in [0.15, 0.2) is 47.8 Å². The summed E-state index contributed by atoms with van der Waals surface area (Å²) in [7, 11) is 0. The van der Waals surface area contributed by atoms with Crippen molar-refractivity contribution in [2.24, 2.45) is 5.92 Å². The lowest BCUT2D eigenvalue weighted by atomic mass is 9.81. The van der Waals surface area contributed by atoms with Gasteiger partial charge in [-0.05, 0) is 36.3 Å². The Balaban J connectivity index is 1.72. The van der Waals surface area contributed by atoms with Gasteiger partial charge in [0.1, 0.15) is 0 Å². The summed E-state index contributed by atoms with van der Waals surface area (Å²) in [4.78, 5) is 1.41. The first kappa shape index (κ1) is 13.8. The molecule has 2 heteroatoms. The van der Waals surface area contributed by atoms with Crippen molar-refractivity contribution in [2.75, 3.05) is 0 Å². The molecule has 1 aliphatic rings. The van der Waals surface area contributed by atoms with E-state index < -0.39 is 0 Å². The average Bonchev–Trinajstić information content (AvgIpc) is 2.95. The predicted molar refractivity (Wildman–Crippen MR) is 87.2 cm³/mol. The van der Waals surface area contributed by atoms with E-state index in [2.05, 4.69) is 60.1 Å². The third-order valence-corrected chi connectivity index (χ3v) is 5.26. The van der Waals surface area contributed by atoms with Gasteiger partial charge in [-0.15, -0.1) is 11.3 Å². The van der Waals surface area contributed by atoms with Crippen molar-refractivity contribution in [3.8, 4) is 0 Å². The highest BCUT2D eigenvalue weighted by molar-refractivity contribution is 7.10. The molecule has 20 heavy (non-hydrogen) atoms. The zero-order valence-corrected chi connectivity index (χ0v) is 12.9. The van der Waals surface area contributed by atoms with Crippen LogP contribution < -0.4 is 5.32 Å². The van der Waals surface area contributed by atoms with Crippen molar-refractivity contribution in [2.45, 2.75) is 44.7 Å². The molecule has 0 radical (unpaired) electrons. The Morgan fingerprint density at radius 2 is 1.95 bits per heavy atom. The van der Waals surface area contributed by atoms with Crippen LogP contribution in [0.2, 0.25) is 0 Å². The van der Waals surface area contributed by atoms with Crippen LogP contribution in [-0.2, 0) is 0 Å². The maximum Gasteiger partial charge on any atom is 0.0673 e. The standard InChI is InChI=1S/C18H23NS/c1-14(13-15-7-5-8-15)19-18(17-11-6-12-20-17)16-9-3-2-4-10-16/h2-4,6,9-12,14-15,18-19H,5,7-8,13H2,1H3. The lowest BCUT2D eigenvalue weighted by molar-refractivity contribution is 0.262. The Kier molecular flexibility index (Phi) is 4.54. The van der Waals surface area contributed by atoms with Crippen LogP contribution in [0.3, 0.4) is 0 Å². The summed E-state index contributed by atoms with van der Waals surface area (Å²) in [5.41, 5.74) is 1.37. The zero-order valence-electron chi connectivity index (χ0n) is 12.1. The first-order valence-corrected chi connectivity index (χ1v) is 8.55. The second-order valence-electron chi connectivity index (χ2n) is 5.96. The van der Waals surface area contributed by atoms with E-state index in [-0.39, 0.29) is 0 Å². The smallest absolute Gasteiger partial charge is 0.0673 e. The second-order valence-corrected chi connectivity index (χ2v) is 6.94. The van der Waals surface area contributed by atoms with Crippen molar-refractivity contribution in [1.29, 1.82) is 0 Å². The third-order valence-electron chi connectivity index (χ3n) is 4.32. The van der Waals surface area contributed by atoms with Crippen LogP contribution in [0.4, 0.5) is 0 Å². The SMILES string of the molecule is CC(CC1CCC1)NC(c1ccccc1)c1cccs1. The summed E-state index contributed by atoms with van der Waals surface area (Å²) in [5.74, 6) is 0.956. The number of thiophene rings is 1. The molecule has 1 saturated carbocycles. The van der Waals surface area contributed by atoms with E-state index in [0.29, 0.717) is 12.1 Å². The summed E-state index contributed by atoms with van der Waals surface area (Å²) < 4.78 is 0. The van der Waals surface area contributed by atoms with Gasteiger partial charge in [0.15, 0.2) is 0 Å². The monoisotopic (exact) mass is 285 g/mol. The fraction of sp³-hybridized carbons (Fsp3) is 0.444. The Hall–Kier alpha value is -1.12. The Morgan fingerprint density at radius 3 is 2.55 bits per heavy atom. The quantitative estimate of drug-likeness (QED) is 0.787. The molecule has 1 N–H and O–H groups in total. The maximum absolute atomic E-state index is 3.85. The fourth-order valence-corrected chi connectivity index (χ4v) is 3.84. The average molecular weight is 285 g/mol. The van der Waals surface area contributed by atoms with E-state index in [4.69, 9.17) is 0 Å². The van der Waals surface area contributed by atoms with Crippen LogP contribution in [0.25, 0.3) is 0 Å². The van der Waals surface area contributed by atoms with Gasteiger partial charge in [-0.1, -0.05) is 55.7 Å². The van der Waals surface area contributed by atoms with Crippen LogP contribution >= 0.6 is 11.3 Å². The molecule has 2 aromatic rings. The molecule has 1 nitrogen and oxygen atoms in total. The fourth-order valence-electron chi connectivity index (χ4n) is 3.02. The van der Waals surface area contributed by atoms with Crippen molar-refractivity contribution in [1.82, 2.24) is 5.32 Å². The van der Waals surface area contributed by atoms with E-state index in [9.17, 15) is 0 Å². The van der Waals surface area contributed by atoms with Gasteiger partial charge in [-0.3, -0.25) is 0 Å². The Morgan fingerprint density at radius 1 is 1.15 bits per heavy atom. The number of rotatable bonds is 6. The van der Waals surface area contributed by atoms with Crippen molar-refractivity contribution in [3.05, 3.63) is 58.3 Å². The van der Waals surface area contributed by atoms with Crippen molar-refractivity contribution >= 4 is 11.3 Å². The molecule has 0 amide bonds.